The highest BCUT2D eigenvalue weighted by atomic mass is 32.1. The number of fused-ring (bicyclic) bond motifs is 3. The second-order valence-electron chi connectivity index (χ2n) is 6.53. The van der Waals surface area contributed by atoms with Crippen molar-refractivity contribution in [2.24, 2.45) is 5.10 Å². The average molecular weight is 378 g/mol. The van der Waals surface area contributed by atoms with E-state index in [1.165, 1.54) is 0 Å². The fraction of sp³-hybridized carbons (Fsp3) is 0.190. The summed E-state index contributed by atoms with van der Waals surface area (Å²) < 4.78 is 11.9. The van der Waals surface area contributed by atoms with Gasteiger partial charge in [-0.3, -0.25) is 0 Å². The number of benzene rings is 2. The molecule has 0 aliphatic carbocycles. The van der Waals surface area contributed by atoms with E-state index in [0.717, 1.165) is 33.2 Å². The Morgan fingerprint density at radius 1 is 1.15 bits per heavy atom. The SMILES string of the molecule is COc1cccc2c1O[C@H](c1cccs1)N1N=C(c3ccccc3O)C[C@H]21. The predicted octanol–water partition coefficient (Wildman–Crippen LogP) is 4.70. The van der Waals surface area contributed by atoms with Gasteiger partial charge in [0.1, 0.15) is 5.75 Å². The molecule has 2 atom stereocenters. The lowest BCUT2D eigenvalue weighted by atomic mass is 9.96. The van der Waals surface area contributed by atoms with Gasteiger partial charge in [-0.25, -0.2) is 5.01 Å². The summed E-state index contributed by atoms with van der Waals surface area (Å²) in [5, 5.41) is 19.2. The summed E-state index contributed by atoms with van der Waals surface area (Å²) in [6, 6.07) is 17.4. The Morgan fingerprint density at radius 3 is 2.81 bits per heavy atom. The molecule has 6 heteroatoms. The van der Waals surface area contributed by atoms with Crippen LogP contribution in [0.1, 0.15) is 34.7 Å². The maximum absolute atomic E-state index is 10.3. The van der Waals surface area contributed by atoms with Crippen molar-refractivity contribution in [2.45, 2.75) is 18.7 Å². The molecule has 3 aromatic rings. The van der Waals surface area contributed by atoms with Gasteiger partial charge in [-0.1, -0.05) is 30.3 Å². The number of phenols is 1. The van der Waals surface area contributed by atoms with Crippen LogP contribution in [0.25, 0.3) is 0 Å². The molecule has 5 nitrogen and oxygen atoms in total. The summed E-state index contributed by atoms with van der Waals surface area (Å²) in [7, 11) is 1.66. The highest BCUT2D eigenvalue weighted by molar-refractivity contribution is 7.10. The third-order valence-electron chi connectivity index (χ3n) is 5.00. The van der Waals surface area contributed by atoms with Crippen LogP contribution < -0.4 is 9.47 Å². The number of rotatable bonds is 3. The summed E-state index contributed by atoms with van der Waals surface area (Å²) in [6.45, 7) is 0. The molecule has 1 aromatic heterocycles. The van der Waals surface area contributed by atoms with E-state index in [1.807, 2.05) is 46.8 Å². The highest BCUT2D eigenvalue weighted by Crippen LogP contribution is 2.51. The molecule has 0 saturated heterocycles. The van der Waals surface area contributed by atoms with Gasteiger partial charge in [0, 0.05) is 17.5 Å². The Labute approximate surface area is 161 Å². The Morgan fingerprint density at radius 2 is 2.04 bits per heavy atom. The number of hydrogen-bond acceptors (Lipinski definition) is 6. The average Bonchev–Trinajstić information content (AvgIpc) is 3.37. The Balaban J connectivity index is 1.63. The molecule has 0 amide bonds. The second-order valence-corrected chi connectivity index (χ2v) is 7.51. The molecule has 2 aliphatic heterocycles. The number of ether oxygens (including phenoxy) is 2. The molecule has 0 spiro atoms. The molecule has 1 N–H and O–H groups in total. The molecule has 0 radical (unpaired) electrons. The molecule has 0 bridgehead atoms. The van der Waals surface area contributed by atoms with E-state index < -0.39 is 0 Å². The highest BCUT2D eigenvalue weighted by Gasteiger charge is 2.42. The lowest BCUT2D eigenvalue weighted by molar-refractivity contribution is -0.0184. The number of thiophene rings is 1. The zero-order valence-corrected chi connectivity index (χ0v) is 15.5. The molecule has 27 heavy (non-hydrogen) atoms. The van der Waals surface area contributed by atoms with Crippen LogP contribution in [-0.2, 0) is 0 Å². The number of methoxy groups -OCH3 is 1. The lowest BCUT2D eigenvalue weighted by Crippen LogP contribution is -2.33. The maximum atomic E-state index is 10.3. The van der Waals surface area contributed by atoms with Crippen molar-refractivity contribution in [3.8, 4) is 17.2 Å². The number of nitrogens with zero attached hydrogens (tertiary/aromatic N) is 2. The van der Waals surface area contributed by atoms with E-state index in [0.29, 0.717) is 6.42 Å². The van der Waals surface area contributed by atoms with Crippen LogP contribution in [-0.4, -0.2) is 22.9 Å². The van der Waals surface area contributed by atoms with E-state index in [9.17, 15) is 5.11 Å². The predicted molar refractivity (Wildman–Crippen MR) is 105 cm³/mol. The van der Waals surface area contributed by atoms with Crippen LogP contribution in [0.5, 0.6) is 17.2 Å². The summed E-state index contributed by atoms with van der Waals surface area (Å²) in [5.41, 5.74) is 2.68. The molecule has 5 rings (SSSR count). The van der Waals surface area contributed by atoms with E-state index >= 15 is 0 Å². The third kappa shape index (κ3) is 2.56. The molecule has 136 valence electrons. The molecule has 3 heterocycles. The van der Waals surface area contributed by atoms with Gasteiger partial charge >= 0.3 is 0 Å². The van der Waals surface area contributed by atoms with E-state index in [1.54, 1.807) is 24.5 Å². The van der Waals surface area contributed by atoms with E-state index in [-0.39, 0.29) is 18.0 Å². The molecular formula is C21H18N2O3S. The molecular weight excluding hydrogens is 360 g/mol. The number of phenolic OH excluding ortho intramolecular Hbond substituents is 1. The summed E-state index contributed by atoms with van der Waals surface area (Å²) in [4.78, 5) is 1.08. The van der Waals surface area contributed by atoms with Crippen molar-refractivity contribution in [2.75, 3.05) is 7.11 Å². The van der Waals surface area contributed by atoms with Crippen molar-refractivity contribution >= 4 is 17.0 Å². The molecule has 2 aromatic carbocycles. The van der Waals surface area contributed by atoms with Crippen LogP contribution in [0.3, 0.4) is 0 Å². The van der Waals surface area contributed by atoms with Gasteiger partial charge in [0.05, 0.1) is 23.7 Å². The first-order valence-corrected chi connectivity index (χ1v) is 9.65. The molecule has 0 fully saturated rings. The minimum Gasteiger partial charge on any atom is -0.507 e. The fourth-order valence-corrected chi connectivity index (χ4v) is 4.49. The smallest absolute Gasteiger partial charge is 0.223 e. The van der Waals surface area contributed by atoms with Gasteiger partial charge in [-0.05, 0) is 29.6 Å². The van der Waals surface area contributed by atoms with Crippen LogP contribution >= 0.6 is 11.3 Å². The lowest BCUT2D eigenvalue weighted by Gasteiger charge is -2.38. The van der Waals surface area contributed by atoms with Crippen molar-refractivity contribution in [1.29, 1.82) is 0 Å². The zero-order valence-electron chi connectivity index (χ0n) is 14.7. The van der Waals surface area contributed by atoms with Gasteiger partial charge < -0.3 is 14.6 Å². The van der Waals surface area contributed by atoms with E-state index in [4.69, 9.17) is 14.6 Å². The van der Waals surface area contributed by atoms with Crippen LogP contribution in [0.15, 0.2) is 65.1 Å². The quantitative estimate of drug-likeness (QED) is 0.717. The summed E-state index contributed by atoms with van der Waals surface area (Å²) >= 11 is 1.64. The van der Waals surface area contributed by atoms with Gasteiger partial charge in [0.15, 0.2) is 11.5 Å². The molecule has 0 saturated carbocycles. The number of para-hydroxylation sites is 2. The van der Waals surface area contributed by atoms with E-state index in [2.05, 4.69) is 12.1 Å². The third-order valence-corrected chi connectivity index (χ3v) is 5.90. The monoisotopic (exact) mass is 378 g/mol. The molecule has 2 aliphatic rings. The maximum Gasteiger partial charge on any atom is 0.223 e. The summed E-state index contributed by atoms with van der Waals surface area (Å²) in [5.74, 6) is 1.74. The van der Waals surface area contributed by atoms with Crippen molar-refractivity contribution in [3.05, 3.63) is 76.0 Å². The van der Waals surface area contributed by atoms with Crippen LogP contribution in [0.4, 0.5) is 0 Å². The first kappa shape index (κ1) is 16.2. The standard InChI is InChI=1S/C21H18N2O3S/c1-25-18-9-4-7-14-16-12-15(13-6-2-3-8-17(13)24)22-23(16)21(26-20(14)18)19-10-5-11-27-19/h2-11,16,21,24H,12H2,1H3/t16-,21-/m1/s1. The Kier molecular flexibility index (Phi) is 3.79. The van der Waals surface area contributed by atoms with Gasteiger partial charge in [-0.15, -0.1) is 11.3 Å². The number of aromatic hydroxyl groups is 1. The normalized spacial score (nSPS) is 20.5. The zero-order chi connectivity index (χ0) is 18.4. The van der Waals surface area contributed by atoms with Gasteiger partial charge in [-0.2, -0.15) is 5.10 Å². The number of hydrazone groups is 1. The largest absolute Gasteiger partial charge is 0.507 e. The van der Waals surface area contributed by atoms with Crippen LogP contribution in [0, 0.1) is 0 Å². The van der Waals surface area contributed by atoms with Crippen molar-refractivity contribution in [1.82, 2.24) is 5.01 Å². The topological polar surface area (TPSA) is 54.3 Å². The summed E-state index contributed by atoms with van der Waals surface area (Å²) in [6.07, 6.45) is 0.380. The minimum atomic E-state index is -0.317. The fourth-order valence-electron chi connectivity index (χ4n) is 3.74. The molecule has 0 unspecified atom stereocenters. The second kappa shape index (κ2) is 6.32. The van der Waals surface area contributed by atoms with Gasteiger partial charge in [0.25, 0.3) is 0 Å². The first-order valence-electron chi connectivity index (χ1n) is 8.77. The van der Waals surface area contributed by atoms with Crippen LogP contribution in [0.2, 0.25) is 0 Å². The Hall–Kier alpha value is -2.99. The first-order chi connectivity index (χ1) is 13.3. The Bertz CT molecular complexity index is 1020. The number of hydrogen-bond donors (Lipinski definition) is 1. The van der Waals surface area contributed by atoms with Crippen molar-refractivity contribution < 1.29 is 14.6 Å². The minimum absolute atomic E-state index is 0.0329. The van der Waals surface area contributed by atoms with Gasteiger partial charge in [0.2, 0.25) is 6.23 Å². The van der Waals surface area contributed by atoms with Crippen molar-refractivity contribution in [3.63, 3.8) is 0 Å².